The van der Waals surface area contributed by atoms with Gasteiger partial charge in [-0.1, -0.05) is 6.07 Å². The van der Waals surface area contributed by atoms with Crippen molar-refractivity contribution in [2.24, 2.45) is 0 Å². The first-order valence-corrected chi connectivity index (χ1v) is 9.61. The molecule has 6 nitrogen and oxygen atoms in total. The van der Waals surface area contributed by atoms with Crippen LogP contribution in [0.2, 0.25) is 0 Å². The van der Waals surface area contributed by atoms with Crippen LogP contribution in [0.25, 0.3) is 17.1 Å². The van der Waals surface area contributed by atoms with Gasteiger partial charge in [0.2, 0.25) is 0 Å². The lowest BCUT2D eigenvalue weighted by Crippen LogP contribution is -2.17. The van der Waals surface area contributed by atoms with Gasteiger partial charge in [0.25, 0.3) is 0 Å². The second kappa shape index (κ2) is 7.94. The van der Waals surface area contributed by atoms with Gasteiger partial charge in [0, 0.05) is 23.8 Å². The summed E-state index contributed by atoms with van der Waals surface area (Å²) < 4.78 is 45.1. The fraction of sp³-hybridized carbons (Fsp3) is 0.150. The molecular formula is C20H15BrF3N5O. The summed E-state index contributed by atoms with van der Waals surface area (Å²) in [4.78, 5) is 8.60. The standard InChI is InChI=1S/C20H15BrF3N5O/c1-13-8-17(27-29(13)10-14-2-7-19(21)25-9-14)18-11-28(12-26-18)15-3-5-16(6-4-15)30-20(22,23)24/h2-9,11-12H,10H2,1H3. The molecule has 0 atom stereocenters. The first-order chi connectivity index (χ1) is 14.3. The van der Waals surface area contributed by atoms with Crippen molar-refractivity contribution >= 4 is 15.9 Å². The summed E-state index contributed by atoms with van der Waals surface area (Å²) >= 11 is 3.32. The van der Waals surface area contributed by atoms with Gasteiger partial charge in [0.05, 0.1) is 12.9 Å². The Bertz CT molecular complexity index is 1150. The van der Waals surface area contributed by atoms with Crippen LogP contribution >= 0.6 is 15.9 Å². The van der Waals surface area contributed by atoms with E-state index in [-0.39, 0.29) is 5.75 Å². The van der Waals surface area contributed by atoms with Crippen LogP contribution in [0.1, 0.15) is 11.3 Å². The lowest BCUT2D eigenvalue weighted by atomic mass is 10.3. The lowest BCUT2D eigenvalue weighted by Gasteiger charge is -2.09. The Balaban J connectivity index is 1.52. The van der Waals surface area contributed by atoms with Crippen LogP contribution in [-0.4, -0.2) is 30.7 Å². The van der Waals surface area contributed by atoms with E-state index >= 15 is 0 Å². The molecule has 10 heteroatoms. The number of pyridine rings is 1. The van der Waals surface area contributed by atoms with Crippen molar-refractivity contribution in [3.8, 4) is 22.8 Å². The molecular weight excluding hydrogens is 463 g/mol. The Kier molecular flexibility index (Phi) is 5.33. The van der Waals surface area contributed by atoms with Crippen molar-refractivity contribution in [2.45, 2.75) is 19.8 Å². The monoisotopic (exact) mass is 477 g/mol. The quantitative estimate of drug-likeness (QED) is 0.373. The maximum atomic E-state index is 12.3. The molecule has 0 N–H and O–H groups in total. The topological polar surface area (TPSA) is 57.8 Å². The van der Waals surface area contributed by atoms with Crippen LogP contribution in [0.15, 0.2) is 65.8 Å². The molecule has 0 fully saturated rings. The Morgan fingerprint density at radius 3 is 2.47 bits per heavy atom. The Morgan fingerprint density at radius 2 is 1.80 bits per heavy atom. The molecule has 0 saturated heterocycles. The number of benzene rings is 1. The summed E-state index contributed by atoms with van der Waals surface area (Å²) in [5.41, 5.74) is 3.99. The molecule has 0 aliphatic heterocycles. The van der Waals surface area contributed by atoms with Gasteiger partial charge in [0.15, 0.2) is 0 Å². The van der Waals surface area contributed by atoms with E-state index < -0.39 is 6.36 Å². The highest BCUT2D eigenvalue weighted by Crippen LogP contribution is 2.25. The van der Waals surface area contributed by atoms with Crippen LogP contribution in [0.3, 0.4) is 0 Å². The van der Waals surface area contributed by atoms with E-state index in [2.05, 4.69) is 35.7 Å². The molecule has 3 aromatic heterocycles. The summed E-state index contributed by atoms with van der Waals surface area (Å²) in [6.45, 7) is 2.53. The van der Waals surface area contributed by atoms with E-state index in [1.807, 2.05) is 29.8 Å². The molecule has 0 aliphatic rings. The minimum absolute atomic E-state index is 0.275. The molecule has 0 aliphatic carbocycles. The molecule has 0 saturated carbocycles. The highest BCUT2D eigenvalue weighted by Gasteiger charge is 2.31. The van der Waals surface area contributed by atoms with Crippen LogP contribution in [0.4, 0.5) is 13.2 Å². The Hall–Kier alpha value is -3.14. The fourth-order valence-electron chi connectivity index (χ4n) is 2.88. The van der Waals surface area contributed by atoms with E-state index in [0.29, 0.717) is 23.6 Å². The lowest BCUT2D eigenvalue weighted by molar-refractivity contribution is -0.274. The molecule has 0 radical (unpaired) electrons. The molecule has 0 amide bonds. The number of imidazole rings is 1. The zero-order valence-electron chi connectivity index (χ0n) is 15.6. The number of hydrogen-bond donors (Lipinski definition) is 0. The second-order valence-corrected chi connectivity index (χ2v) is 7.34. The van der Waals surface area contributed by atoms with Gasteiger partial charge in [0.1, 0.15) is 21.7 Å². The molecule has 0 spiro atoms. The van der Waals surface area contributed by atoms with E-state index in [1.54, 1.807) is 23.3 Å². The molecule has 0 unspecified atom stereocenters. The maximum absolute atomic E-state index is 12.3. The SMILES string of the molecule is Cc1cc(-c2cn(-c3ccc(OC(F)(F)F)cc3)cn2)nn1Cc1ccc(Br)nc1. The number of aryl methyl sites for hydroxylation is 1. The van der Waals surface area contributed by atoms with Crippen LogP contribution in [-0.2, 0) is 6.54 Å². The molecule has 1 aromatic carbocycles. The Morgan fingerprint density at radius 1 is 1.03 bits per heavy atom. The molecule has 4 rings (SSSR count). The van der Waals surface area contributed by atoms with E-state index in [1.165, 1.54) is 24.3 Å². The first kappa shape index (κ1) is 20.1. The van der Waals surface area contributed by atoms with Gasteiger partial charge >= 0.3 is 6.36 Å². The zero-order valence-corrected chi connectivity index (χ0v) is 17.2. The zero-order chi connectivity index (χ0) is 21.3. The van der Waals surface area contributed by atoms with Gasteiger partial charge in [-0.05, 0) is 64.8 Å². The smallest absolute Gasteiger partial charge is 0.406 e. The van der Waals surface area contributed by atoms with Gasteiger partial charge in [-0.3, -0.25) is 4.68 Å². The third-order valence-corrected chi connectivity index (χ3v) is 4.78. The normalized spacial score (nSPS) is 11.6. The summed E-state index contributed by atoms with van der Waals surface area (Å²) in [7, 11) is 0. The van der Waals surface area contributed by atoms with Crippen molar-refractivity contribution in [3.05, 3.63) is 77.0 Å². The maximum Gasteiger partial charge on any atom is 0.573 e. The van der Waals surface area contributed by atoms with E-state index in [9.17, 15) is 13.2 Å². The van der Waals surface area contributed by atoms with Crippen molar-refractivity contribution in [1.82, 2.24) is 24.3 Å². The number of rotatable bonds is 5. The van der Waals surface area contributed by atoms with Crippen molar-refractivity contribution < 1.29 is 17.9 Å². The summed E-state index contributed by atoms with van der Waals surface area (Å²) in [5.74, 6) is -0.275. The first-order valence-electron chi connectivity index (χ1n) is 8.82. The molecule has 4 aromatic rings. The molecule has 0 bridgehead atoms. The minimum Gasteiger partial charge on any atom is -0.406 e. The number of nitrogens with zero attached hydrogens (tertiary/aromatic N) is 5. The van der Waals surface area contributed by atoms with Gasteiger partial charge in [-0.2, -0.15) is 5.10 Å². The Labute approximate surface area is 178 Å². The van der Waals surface area contributed by atoms with E-state index in [0.717, 1.165) is 15.9 Å². The van der Waals surface area contributed by atoms with Crippen molar-refractivity contribution in [2.75, 3.05) is 0 Å². The highest BCUT2D eigenvalue weighted by molar-refractivity contribution is 9.10. The van der Waals surface area contributed by atoms with Crippen molar-refractivity contribution in [1.29, 1.82) is 0 Å². The van der Waals surface area contributed by atoms with Crippen molar-refractivity contribution in [3.63, 3.8) is 0 Å². The molecule has 154 valence electrons. The number of alkyl halides is 3. The predicted molar refractivity (Wildman–Crippen MR) is 107 cm³/mol. The number of halogens is 4. The summed E-state index contributed by atoms with van der Waals surface area (Å²) in [6, 6.07) is 11.3. The van der Waals surface area contributed by atoms with Crippen LogP contribution in [0, 0.1) is 6.92 Å². The highest BCUT2D eigenvalue weighted by atomic mass is 79.9. The molecule has 3 heterocycles. The third kappa shape index (κ3) is 4.70. The van der Waals surface area contributed by atoms with Crippen LogP contribution < -0.4 is 4.74 Å². The van der Waals surface area contributed by atoms with Gasteiger partial charge in [-0.15, -0.1) is 13.2 Å². The van der Waals surface area contributed by atoms with Gasteiger partial charge in [-0.25, -0.2) is 9.97 Å². The summed E-state index contributed by atoms with van der Waals surface area (Å²) in [6.07, 6.45) is 0.424. The van der Waals surface area contributed by atoms with Crippen LogP contribution in [0.5, 0.6) is 5.75 Å². The van der Waals surface area contributed by atoms with Gasteiger partial charge < -0.3 is 9.30 Å². The third-order valence-electron chi connectivity index (χ3n) is 4.32. The largest absolute Gasteiger partial charge is 0.573 e. The summed E-state index contributed by atoms with van der Waals surface area (Å²) in [5, 5.41) is 4.62. The number of hydrogen-bond acceptors (Lipinski definition) is 4. The number of aromatic nitrogens is 5. The number of ether oxygens (including phenoxy) is 1. The minimum atomic E-state index is -4.72. The molecule has 30 heavy (non-hydrogen) atoms. The second-order valence-electron chi connectivity index (χ2n) is 6.53. The van der Waals surface area contributed by atoms with E-state index in [4.69, 9.17) is 0 Å². The fourth-order valence-corrected chi connectivity index (χ4v) is 3.12. The average Bonchev–Trinajstić information content (AvgIpc) is 3.30. The average molecular weight is 478 g/mol. The predicted octanol–water partition coefficient (Wildman–Crippen LogP) is 5.15.